The van der Waals surface area contributed by atoms with Gasteiger partial charge in [0.1, 0.15) is 6.10 Å². The lowest BCUT2D eigenvalue weighted by Crippen LogP contribution is -2.51. The SMILES string of the molecule is CN=C(NCC(Cc1ccccc1)N(C)C)N1CCOC(c2cnn(C)c2)C1. The molecule has 1 saturated heterocycles. The summed E-state index contributed by atoms with van der Waals surface area (Å²) in [7, 11) is 8.04. The Labute approximate surface area is 168 Å². The van der Waals surface area contributed by atoms with Gasteiger partial charge in [-0.1, -0.05) is 30.3 Å². The number of rotatable bonds is 6. The van der Waals surface area contributed by atoms with E-state index in [0.717, 1.165) is 37.6 Å². The van der Waals surface area contributed by atoms with Gasteiger partial charge in [-0.25, -0.2) is 0 Å². The van der Waals surface area contributed by atoms with E-state index in [0.29, 0.717) is 12.6 Å². The van der Waals surface area contributed by atoms with Crippen molar-refractivity contribution in [3.05, 3.63) is 53.9 Å². The van der Waals surface area contributed by atoms with Crippen LogP contribution in [-0.4, -0.2) is 79.0 Å². The van der Waals surface area contributed by atoms with Gasteiger partial charge in [-0.2, -0.15) is 5.10 Å². The van der Waals surface area contributed by atoms with E-state index in [-0.39, 0.29) is 6.10 Å². The maximum Gasteiger partial charge on any atom is 0.193 e. The Morgan fingerprint density at radius 2 is 2.14 bits per heavy atom. The molecule has 0 radical (unpaired) electrons. The number of nitrogens with zero attached hydrogens (tertiary/aromatic N) is 5. The standard InChI is InChI=1S/C21H32N6O/c1-22-21(23-14-19(25(2)3)12-17-8-6-5-7-9-17)27-10-11-28-20(16-27)18-13-24-26(4)15-18/h5-9,13,15,19-20H,10-12,14,16H2,1-4H3,(H,22,23). The van der Waals surface area contributed by atoms with Crippen LogP contribution in [-0.2, 0) is 18.2 Å². The van der Waals surface area contributed by atoms with E-state index >= 15 is 0 Å². The van der Waals surface area contributed by atoms with Gasteiger partial charge in [-0.05, 0) is 26.1 Å². The summed E-state index contributed by atoms with van der Waals surface area (Å²) in [6, 6.07) is 11.0. The molecule has 1 fully saturated rings. The second kappa shape index (κ2) is 9.71. The summed E-state index contributed by atoms with van der Waals surface area (Å²) in [5.41, 5.74) is 2.46. The molecule has 0 amide bonds. The monoisotopic (exact) mass is 384 g/mol. The predicted octanol–water partition coefficient (Wildman–Crippen LogP) is 1.54. The highest BCUT2D eigenvalue weighted by Crippen LogP contribution is 2.21. The molecule has 0 bridgehead atoms. The lowest BCUT2D eigenvalue weighted by Gasteiger charge is -2.35. The Hall–Kier alpha value is -2.38. The molecular formula is C21H32N6O. The average Bonchev–Trinajstić information content (AvgIpc) is 3.15. The van der Waals surface area contributed by atoms with Crippen LogP contribution in [0.2, 0.25) is 0 Å². The van der Waals surface area contributed by atoms with Crippen LogP contribution < -0.4 is 5.32 Å². The summed E-state index contributed by atoms with van der Waals surface area (Å²) < 4.78 is 7.77. The van der Waals surface area contributed by atoms with Crippen LogP contribution in [0, 0.1) is 0 Å². The first-order valence-corrected chi connectivity index (χ1v) is 9.83. The predicted molar refractivity (Wildman–Crippen MR) is 112 cm³/mol. The number of benzene rings is 1. The Morgan fingerprint density at radius 3 is 2.79 bits per heavy atom. The summed E-state index contributed by atoms with van der Waals surface area (Å²) in [4.78, 5) is 9.06. The minimum atomic E-state index is 0.0231. The minimum Gasteiger partial charge on any atom is -0.370 e. The first-order valence-electron chi connectivity index (χ1n) is 9.83. The van der Waals surface area contributed by atoms with Crippen LogP contribution in [0.4, 0.5) is 0 Å². The van der Waals surface area contributed by atoms with E-state index in [1.54, 1.807) is 0 Å². The molecule has 7 nitrogen and oxygen atoms in total. The Kier molecular flexibility index (Phi) is 7.06. The van der Waals surface area contributed by atoms with E-state index in [4.69, 9.17) is 4.74 Å². The third-order valence-corrected chi connectivity index (χ3v) is 5.21. The Morgan fingerprint density at radius 1 is 1.36 bits per heavy atom. The molecule has 2 unspecified atom stereocenters. The quantitative estimate of drug-likeness (QED) is 0.605. The maximum atomic E-state index is 5.96. The van der Waals surface area contributed by atoms with E-state index < -0.39 is 0 Å². The van der Waals surface area contributed by atoms with Crippen molar-refractivity contribution in [2.45, 2.75) is 18.6 Å². The third-order valence-electron chi connectivity index (χ3n) is 5.21. The molecule has 1 aromatic carbocycles. The van der Waals surface area contributed by atoms with Crippen LogP contribution in [0.1, 0.15) is 17.2 Å². The number of ether oxygens (including phenoxy) is 1. The highest BCUT2D eigenvalue weighted by atomic mass is 16.5. The summed E-state index contributed by atoms with van der Waals surface area (Å²) >= 11 is 0. The first kappa shape index (κ1) is 20.4. The van der Waals surface area contributed by atoms with Crippen molar-refractivity contribution in [3.63, 3.8) is 0 Å². The molecule has 0 saturated carbocycles. The van der Waals surface area contributed by atoms with E-state index in [1.807, 2.05) is 31.2 Å². The molecule has 28 heavy (non-hydrogen) atoms. The summed E-state index contributed by atoms with van der Waals surface area (Å²) in [6.45, 7) is 3.13. The number of aromatic nitrogens is 2. The molecule has 2 atom stereocenters. The van der Waals surface area contributed by atoms with Gasteiger partial charge in [0.15, 0.2) is 5.96 Å². The topological polar surface area (TPSA) is 57.9 Å². The van der Waals surface area contributed by atoms with Gasteiger partial charge in [-0.15, -0.1) is 0 Å². The second-order valence-corrected chi connectivity index (χ2v) is 7.49. The van der Waals surface area contributed by atoms with Crippen molar-refractivity contribution < 1.29 is 4.74 Å². The van der Waals surface area contributed by atoms with Crippen molar-refractivity contribution in [1.29, 1.82) is 0 Å². The molecule has 1 N–H and O–H groups in total. The zero-order chi connectivity index (χ0) is 19.9. The van der Waals surface area contributed by atoms with Crippen LogP contribution in [0.25, 0.3) is 0 Å². The molecule has 3 rings (SSSR count). The van der Waals surface area contributed by atoms with Crippen LogP contribution in [0.15, 0.2) is 47.7 Å². The zero-order valence-corrected chi connectivity index (χ0v) is 17.4. The number of morpholine rings is 1. The highest BCUT2D eigenvalue weighted by Gasteiger charge is 2.25. The van der Waals surface area contributed by atoms with Crippen molar-refractivity contribution in [2.24, 2.45) is 12.0 Å². The van der Waals surface area contributed by atoms with Crippen molar-refractivity contribution >= 4 is 5.96 Å². The van der Waals surface area contributed by atoms with Crippen LogP contribution in [0.3, 0.4) is 0 Å². The summed E-state index contributed by atoms with van der Waals surface area (Å²) in [6.07, 6.45) is 4.92. The van der Waals surface area contributed by atoms with E-state index in [2.05, 4.69) is 69.6 Å². The van der Waals surface area contributed by atoms with Gasteiger partial charge < -0.3 is 19.9 Å². The molecule has 1 aromatic heterocycles. The van der Waals surface area contributed by atoms with E-state index in [9.17, 15) is 0 Å². The molecule has 0 spiro atoms. The average molecular weight is 385 g/mol. The van der Waals surface area contributed by atoms with Crippen LogP contribution >= 0.6 is 0 Å². The first-order chi connectivity index (χ1) is 13.6. The smallest absolute Gasteiger partial charge is 0.193 e. The minimum absolute atomic E-state index is 0.0231. The molecule has 2 aromatic rings. The lowest BCUT2D eigenvalue weighted by atomic mass is 10.1. The number of nitrogens with one attached hydrogen (secondary N) is 1. The van der Waals surface area contributed by atoms with Crippen molar-refractivity contribution in [3.8, 4) is 0 Å². The normalized spacial score (nSPS) is 19.1. The fourth-order valence-electron chi connectivity index (χ4n) is 3.51. The van der Waals surface area contributed by atoms with Crippen LogP contribution in [0.5, 0.6) is 0 Å². The van der Waals surface area contributed by atoms with Gasteiger partial charge >= 0.3 is 0 Å². The second-order valence-electron chi connectivity index (χ2n) is 7.49. The number of hydrogen-bond donors (Lipinski definition) is 1. The fraction of sp³-hybridized carbons (Fsp3) is 0.524. The number of hydrogen-bond acceptors (Lipinski definition) is 4. The van der Waals surface area contributed by atoms with Gasteiger partial charge in [0.2, 0.25) is 0 Å². The van der Waals surface area contributed by atoms with Crippen molar-refractivity contribution in [1.82, 2.24) is 24.9 Å². The highest BCUT2D eigenvalue weighted by molar-refractivity contribution is 5.80. The molecular weight excluding hydrogens is 352 g/mol. The van der Waals surface area contributed by atoms with Gasteiger partial charge in [0.25, 0.3) is 0 Å². The molecule has 0 aliphatic carbocycles. The molecule has 1 aliphatic rings. The zero-order valence-electron chi connectivity index (χ0n) is 17.4. The maximum absolute atomic E-state index is 5.96. The van der Waals surface area contributed by atoms with Gasteiger partial charge in [-0.3, -0.25) is 9.67 Å². The Bertz CT molecular complexity index is 757. The molecule has 2 heterocycles. The number of guanidine groups is 1. The Balaban J connectivity index is 1.59. The molecule has 7 heteroatoms. The molecule has 1 aliphatic heterocycles. The number of aliphatic imine (C=N–C) groups is 1. The van der Waals surface area contributed by atoms with Gasteiger partial charge in [0.05, 0.1) is 19.3 Å². The summed E-state index contributed by atoms with van der Waals surface area (Å²) in [5, 5.41) is 7.84. The largest absolute Gasteiger partial charge is 0.370 e. The number of aryl methyl sites for hydroxylation is 1. The third kappa shape index (κ3) is 5.33. The van der Waals surface area contributed by atoms with Gasteiger partial charge in [0, 0.05) is 45.0 Å². The van der Waals surface area contributed by atoms with Crippen molar-refractivity contribution in [2.75, 3.05) is 47.4 Å². The fourth-order valence-corrected chi connectivity index (χ4v) is 3.51. The van der Waals surface area contributed by atoms with E-state index in [1.165, 1.54) is 5.56 Å². The molecule has 152 valence electrons. The number of likely N-dealkylation sites (N-methyl/N-ethyl adjacent to an activating group) is 1. The lowest BCUT2D eigenvalue weighted by molar-refractivity contribution is -0.00810. The summed E-state index contributed by atoms with van der Waals surface area (Å²) in [5.74, 6) is 0.928.